The number of fused-ring (bicyclic) bond motifs is 1. The normalized spacial score (nSPS) is 12.9. The molecule has 1 aromatic carbocycles. The van der Waals surface area contributed by atoms with Crippen LogP contribution in [0.5, 0.6) is 17.4 Å². The predicted octanol–water partition coefficient (Wildman–Crippen LogP) is 2.57. The molecule has 124 valence electrons. The van der Waals surface area contributed by atoms with Gasteiger partial charge in [-0.25, -0.2) is 4.68 Å². The van der Waals surface area contributed by atoms with Gasteiger partial charge in [-0.3, -0.25) is 0 Å². The molecule has 23 heavy (non-hydrogen) atoms. The molecule has 0 spiro atoms. The fourth-order valence-electron chi connectivity index (χ4n) is 2.91. The Morgan fingerprint density at radius 2 is 2.13 bits per heavy atom. The van der Waals surface area contributed by atoms with Crippen molar-refractivity contribution in [2.24, 2.45) is 7.05 Å². The summed E-state index contributed by atoms with van der Waals surface area (Å²) in [5, 5.41) is 8.03. The molecule has 1 N–H and O–H groups in total. The van der Waals surface area contributed by atoms with Gasteiger partial charge in [-0.1, -0.05) is 26.0 Å². The second-order valence-corrected chi connectivity index (χ2v) is 5.91. The van der Waals surface area contributed by atoms with Gasteiger partial charge in [0.25, 0.3) is 0 Å². The van der Waals surface area contributed by atoms with Gasteiger partial charge in [-0.2, -0.15) is 5.10 Å². The zero-order valence-corrected chi connectivity index (χ0v) is 14.0. The number of aromatic nitrogens is 2. The van der Waals surface area contributed by atoms with Gasteiger partial charge in [0.2, 0.25) is 12.7 Å². The predicted molar refractivity (Wildman–Crippen MR) is 87.0 cm³/mol. The van der Waals surface area contributed by atoms with E-state index in [0.29, 0.717) is 25.8 Å². The van der Waals surface area contributed by atoms with Crippen LogP contribution in [0.3, 0.4) is 0 Å². The highest BCUT2D eigenvalue weighted by atomic mass is 16.7. The van der Waals surface area contributed by atoms with Crippen molar-refractivity contribution in [2.45, 2.75) is 32.9 Å². The Labute approximate surface area is 136 Å². The van der Waals surface area contributed by atoms with Crippen molar-refractivity contribution in [1.82, 2.24) is 15.1 Å². The van der Waals surface area contributed by atoms with E-state index in [-0.39, 0.29) is 0 Å². The summed E-state index contributed by atoms with van der Waals surface area (Å²) < 4.78 is 18.2. The van der Waals surface area contributed by atoms with Crippen molar-refractivity contribution in [2.75, 3.05) is 13.9 Å². The fourth-order valence-corrected chi connectivity index (χ4v) is 2.91. The van der Waals surface area contributed by atoms with Crippen LogP contribution in [0.4, 0.5) is 0 Å². The molecule has 0 atom stereocenters. The van der Waals surface area contributed by atoms with Crippen LogP contribution in [0.2, 0.25) is 0 Å². The summed E-state index contributed by atoms with van der Waals surface area (Å²) in [6.07, 6.45) is 0. The first kappa shape index (κ1) is 15.7. The van der Waals surface area contributed by atoms with Crippen LogP contribution in [-0.2, 0) is 20.1 Å². The summed E-state index contributed by atoms with van der Waals surface area (Å²) in [5.74, 6) is 2.80. The van der Waals surface area contributed by atoms with E-state index in [1.165, 1.54) is 0 Å². The van der Waals surface area contributed by atoms with Gasteiger partial charge in [0.15, 0.2) is 11.5 Å². The van der Waals surface area contributed by atoms with Crippen molar-refractivity contribution < 1.29 is 14.2 Å². The van der Waals surface area contributed by atoms with Crippen LogP contribution in [0.25, 0.3) is 0 Å². The van der Waals surface area contributed by atoms with Gasteiger partial charge in [0.05, 0.1) is 18.4 Å². The molecule has 1 aliphatic heterocycles. The topological polar surface area (TPSA) is 57.5 Å². The smallest absolute Gasteiger partial charge is 0.231 e. The quantitative estimate of drug-likeness (QED) is 0.887. The third-order valence-corrected chi connectivity index (χ3v) is 3.95. The molecule has 0 radical (unpaired) electrons. The molecular formula is C17H23N3O3. The molecule has 0 saturated carbocycles. The zero-order valence-electron chi connectivity index (χ0n) is 14.0. The summed E-state index contributed by atoms with van der Waals surface area (Å²) in [6.45, 7) is 5.96. The van der Waals surface area contributed by atoms with Crippen molar-refractivity contribution in [3.05, 3.63) is 35.0 Å². The number of aryl methyl sites for hydroxylation is 1. The maximum absolute atomic E-state index is 5.54. The third-order valence-electron chi connectivity index (χ3n) is 3.95. The average Bonchev–Trinajstić information content (AvgIpc) is 3.12. The lowest BCUT2D eigenvalue weighted by atomic mass is 10.1. The van der Waals surface area contributed by atoms with E-state index < -0.39 is 0 Å². The highest BCUT2D eigenvalue weighted by molar-refractivity contribution is 5.48. The van der Waals surface area contributed by atoms with Crippen LogP contribution in [0.1, 0.15) is 36.6 Å². The molecule has 6 heteroatoms. The van der Waals surface area contributed by atoms with Gasteiger partial charge in [-0.05, 0) is 12.0 Å². The number of benzene rings is 1. The first-order valence-electron chi connectivity index (χ1n) is 7.79. The lowest BCUT2D eigenvalue weighted by Gasteiger charge is -2.10. The van der Waals surface area contributed by atoms with Crippen molar-refractivity contribution in [1.29, 1.82) is 0 Å². The number of hydrogen-bond acceptors (Lipinski definition) is 5. The number of para-hydroxylation sites is 1. The Balaban J connectivity index is 1.73. The van der Waals surface area contributed by atoms with Gasteiger partial charge in [0, 0.05) is 25.7 Å². The number of ether oxygens (including phenoxy) is 3. The Morgan fingerprint density at radius 1 is 1.30 bits per heavy atom. The molecule has 2 heterocycles. The van der Waals surface area contributed by atoms with E-state index in [0.717, 1.165) is 34.2 Å². The van der Waals surface area contributed by atoms with Crippen LogP contribution in [0, 0.1) is 0 Å². The third kappa shape index (κ3) is 2.99. The minimum atomic E-state index is 0.292. The van der Waals surface area contributed by atoms with E-state index in [1.807, 2.05) is 25.2 Å². The summed E-state index contributed by atoms with van der Waals surface area (Å²) in [4.78, 5) is 0. The van der Waals surface area contributed by atoms with Gasteiger partial charge in [0.1, 0.15) is 0 Å². The molecule has 0 aliphatic carbocycles. The van der Waals surface area contributed by atoms with Gasteiger partial charge >= 0.3 is 0 Å². The standard InChI is InChI=1S/C17H23N3O3/c1-11(2)15-13(17(21-4)20(3)19-15)9-18-8-12-6-5-7-14-16(12)23-10-22-14/h5-7,11,18H,8-10H2,1-4H3. The minimum Gasteiger partial charge on any atom is -0.481 e. The Hall–Kier alpha value is -2.21. The molecule has 1 aliphatic rings. The second kappa shape index (κ2) is 6.50. The van der Waals surface area contributed by atoms with Crippen LogP contribution in [0.15, 0.2) is 18.2 Å². The number of rotatable bonds is 6. The van der Waals surface area contributed by atoms with E-state index in [9.17, 15) is 0 Å². The molecular weight excluding hydrogens is 294 g/mol. The summed E-state index contributed by atoms with van der Waals surface area (Å²) in [6, 6.07) is 5.95. The number of methoxy groups -OCH3 is 1. The fraction of sp³-hybridized carbons (Fsp3) is 0.471. The largest absolute Gasteiger partial charge is 0.481 e. The summed E-state index contributed by atoms with van der Waals surface area (Å²) in [5.41, 5.74) is 3.26. The molecule has 0 amide bonds. The molecule has 2 aromatic rings. The van der Waals surface area contributed by atoms with E-state index in [4.69, 9.17) is 14.2 Å². The van der Waals surface area contributed by atoms with E-state index in [2.05, 4.69) is 24.3 Å². The summed E-state index contributed by atoms with van der Waals surface area (Å²) >= 11 is 0. The first-order chi connectivity index (χ1) is 11.1. The molecule has 3 rings (SSSR count). The lowest BCUT2D eigenvalue weighted by Crippen LogP contribution is -2.15. The SMILES string of the molecule is COc1c(CNCc2cccc3c2OCO3)c(C(C)C)nn1C. The van der Waals surface area contributed by atoms with E-state index in [1.54, 1.807) is 11.8 Å². The maximum atomic E-state index is 5.54. The highest BCUT2D eigenvalue weighted by Gasteiger charge is 2.20. The molecule has 0 fully saturated rings. The van der Waals surface area contributed by atoms with Gasteiger partial charge in [-0.15, -0.1) is 0 Å². The highest BCUT2D eigenvalue weighted by Crippen LogP contribution is 2.35. The van der Waals surface area contributed by atoms with Gasteiger partial charge < -0.3 is 19.5 Å². The first-order valence-corrected chi connectivity index (χ1v) is 7.79. The lowest BCUT2D eigenvalue weighted by molar-refractivity contribution is 0.173. The number of hydrogen-bond donors (Lipinski definition) is 1. The van der Waals surface area contributed by atoms with Crippen molar-refractivity contribution in [3.8, 4) is 17.4 Å². The molecule has 0 saturated heterocycles. The second-order valence-electron chi connectivity index (χ2n) is 5.91. The van der Waals surface area contributed by atoms with Crippen molar-refractivity contribution >= 4 is 0 Å². The Bertz CT molecular complexity index is 695. The zero-order chi connectivity index (χ0) is 16.4. The summed E-state index contributed by atoms with van der Waals surface area (Å²) in [7, 11) is 3.59. The molecule has 1 aromatic heterocycles. The van der Waals surface area contributed by atoms with E-state index >= 15 is 0 Å². The Morgan fingerprint density at radius 3 is 2.87 bits per heavy atom. The van der Waals surface area contributed by atoms with Crippen molar-refractivity contribution in [3.63, 3.8) is 0 Å². The average molecular weight is 317 g/mol. The number of nitrogens with one attached hydrogen (secondary N) is 1. The van der Waals surface area contributed by atoms with Crippen LogP contribution < -0.4 is 19.5 Å². The minimum absolute atomic E-state index is 0.292. The maximum Gasteiger partial charge on any atom is 0.231 e. The Kier molecular flexibility index (Phi) is 4.43. The van der Waals surface area contributed by atoms with Crippen LogP contribution in [-0.4, -0.2) is 23.7 Å². The van der Waals surface area contributed by atoms with Crippen LogP contribution >= 0.6 is 0 Å². The molecule has 0 bridgehead atoms. The molecule has 6 nitrogen and oxygen atoms in total. The molecule has 0 unspecified atom stereocenters. The monoisotopic (exact) mass is 317 g/mol. The number of nitrogens with zero attached hydrogens (tertiary/aromatic N) is 2.